The minimum atomic E-state index is 0.705. The van der Waals surface area contributed by atoms with E-state index in [1.54, 1.807) is 0 Å². The average Bonchev–Trinajstić information content (AvgIpc) is 3.21. The van der Waals surface area contributed by atoms with E-state index in [4.69, 9.17) is 0 Å². The highest BCUT2D eigenvalue weighted by Crippen LogP contribution is 2.33. The van der Waals surface area contributed by atoms with Crippen LogP contribution in [0.5, 0.6) is 0 Å². The van der Waals surface area contributed by atoms with Gasteiger partial charge in [-0.2, -0.15) is 5.10 Å². The molecule has 0 amide bonds. The van der Waals surface area contributed by atoms with E-state index in [9.17, 15) is 0 Å². The van der Waals surface area contributed by atoms with Gasteiger partial charge in [-0.1, -0.05) is 6.07 Å². The quantitative estimate of drug-likeness (QED) is 0.860. The van der Waals surface area contributed by atoms with Gasteiger partial charge in [0.15, 0.2) is 0 Å². The van der Waals surface area contributed by atoms with Crippen LogP contribution in [-0.2, 0) is 20.1 Å². The van der Waals surface area contributed by atoms with Gasteiger partial charge in [0.2, 0.25) is 0 Å². The van der Waals surface area contributed by atoms with Gasteiger partial charge in [0.25, 0.3) is 0 Å². The largest absolute Gasteiger partial charge is 0.294 e. The molecule has 4 rings (SSSR count). The third-order valence-electron chi connectivity index (χ3n) is 5.06. The number of fused-ring (bicyclic) bond motifs is 1. The Morgan fingerprint density at radius 2 is 1.77 bits per heavy atom. The lowest BCUT2D eigenvalue weighted by atomic mass is 10.1. The molecule has 2 aliphatic heterocycles. The molecule has 0 bridgehead atoms. The summed E-state index contributed by atoms with van der Waals surface area (Å²) < 4.78 is 1.90. The Labute approximate surface area is 131 Å². The minimum Gasteiger partial charge on any atom is -0.294 e. The van der Waals surface area contributed by atoms with Crippen molar-refractivity contribution < 1.29 is 0 Å². The monoisotopic (exact) mass is 297 g/mol. The molecule has 0 radical (unpaired) electrons. The Morgan fingerprint density at radius 1 is 1.05 bits per heavy atom. The maximum Gasteiger partial charge on any atom is 0.0534 e. The fourth-order valence-electron chi connectivity index (χ4n) is 4.07. The van der Waals surface area contributed by atoms with Gasteiger partial charge >= 0.3 is 0 Å². The molecule has 2 aromatic heterocycles. The van der Waals surface area contributed by atoms with Crippen LogP contribution in [0.1, 0.15) is 24.0 Å². The normalized spacial score (nSPS) is 25.7. The van der Waals surface area contributed by atoms with Gasteiger partial charge < -0.3 is 0 Å². The van der Waals surface area contributed by atoms with Crippen LogP contribution in [0.2, 0.25) is 0 Å². The van der Waals surface area contributed by atoms with Crippen LogP contribution in [0.15, 0.2) is 36.9 Å². The molecule has 2 saturated heterocycles. The number of rotatable bonds is 4. The number of nitrogens with zero attached hydrogens (tertiary/aromatic N) is 5. The predicted molar refractivity (Wildman–Crippen MR) is 85.1 cm³/mol. The highest BCUT2D eigenvalue weighted by molar-refractivity contribution is 5.11. The van der Waals surface area contributed by atoms with Crippen LogP contribution in [0.3, 0.4) is 0 Å². The minimum absolute atomic E-state index is 0.705. The Hall–Kier alpha value is -1.72. The van der Waals surface area contributed by atoms with E-state index < -0.39 is 0 Å². The summed E-state index contributed by atoms with van der Waals surface area (Å²) in [5.74, 6) is 0. The van der Waals surface area contributed by atoms with Gasteiger partial charge in [0.1, 0.15) is 0 Å². The number of aryl methyl sites for hydroxylation is 1. The van der Waals surface area contributed by atoms with Gasteiger partial charge in [-0.05, 0) is 24.5 Å². The molecule has 2 aliphatic rings. The molecule has 22 heavy (non-hydrogen) atoms. The van der Waals surface area contributed by atoms with Crippen molar-refractivity contribution in [3.63, 3.8) is 0 Å². The first-order valence-electron chi connectivity index (χ1n) is 8.14. The first-order chi connectivity index (χ1) is 10.8. The Bertz CT molecular complexity index is 623. The van der Waals surface area contributed by atoms with E-state index in [1.165, 1.54) is 37.1 Å². The van der Waals surface area contributed by atoms with E-state index in [0.717, 1.165) is 13.1 Å². The smallest absolute Gasteiger partial charge is 0.0534 e. The van der Waals surface area contributed by atoms with Gasteiger partial charge in [-0.25, -0.2) is 0 Å². The van der Waals surface area contributed by atoms with E-state index in [-0.39, 0.29) is 0 Å². The molecule has 116 valence electrons. The SMILES string of the molecule is Cn1cc(CN2CC[C@H]3[C@H]2CCN3Cc2cccnc2)cn1. The van der Waals surface area contributed by atoms with E-state index >= 15 is 0 Å². The molecule has 2 fully saturated rings. The number of aromatic nitrogens is 3. The van der Waals surface area contributed by atoms with Crippen LogP contribution >= 0.6 is 0 Å². The van der Waals surface area contributed by atoms with Crippen LogP contribution < -0.4 is 0 Å². The third-order valence-corrected chi connectivity index (χ3v) is 5.06. The van der Waals surface area contributed by atoms with E-state index in [0.29, 0.717) is 12.1 Å². The molecular formula is C17H23N5. The predicted octanol–water partition coefficient (Wildman–Crippen LogP) is 1.66. The van der Waals surface area contributed by atoms with Gasteiger partial charge in [-0.15, -0.1) is 0 Å². The number of hydrogen-bond acceptors (Lipinski definition) is 4. The zero-order chi connectivity index (χ0) is 14.9. The summed E-state index contributed by atoms with van der Waals surface area (Å²) in [4.78, 5) is 9.53. The highest BCUT2D eigenvalue weighted by Gasteiger charge is 2.42. The molecule has 0 saturated carbocycles. The topological polar surface area (TPSA) is 37.2 Å². The number of pyridine rings is 1. The van der Waals surface area contributed by atoms with Crippen molar-refractivity contribution in [1.29, 1.82) is 0 Å². The molecule has 0 aliphatic carbocycles. The van der Waals surface area contributed by atoms with Crippen molar-refractivity contribution in [2.45, 2.75) is 38.0 Å². The fraction of sp³-hybridized carbons (Fsp3) is 0.529. The molecule has 0 N–H and O–H groups in total. The third kappa shape index (κ3) is 2.66. The van der Waals surface area contributed by atoms with Crippen molar-refractivity contribution in [3.8, 4) is 0 Å². The maximum absolute atomic E-state index is 4.29. The molecule has 0 spiro atoms. The second-order valence-electron chi connectivity index (χ2n) is 6.54. The standard InChI is InChI=1S/C17H23N5/c1-20-11-15(10-19-20)13-22-8-5-16-17(22)4-7-21(16)12-14-3-2-6-18-9-14/h2-3,6,9-11,16-17H,4-5,7-8,12-13H2,1H3/t16-,17+/m0/s1. The van der Waals surface area contributed by atoms with Crippen molar-refractivity contribution in [3.05, 3.63) is 48.0 Å². The Kier molecular flexibility index (Phi) is 3.68. The molecule has 2 aromatic rings. The Balaban J connectivity index is 1.41. The zero-order valence-corrected chi connectivity index (χ0v) is 13.1. The molecule has 4 heterocycles. The summed E-state index contributed by atoms with van der Waals surface area (Å²) in [5, 5.41) is 4.29. The number of likely N-dealkylation sites (tertiary alicyclic amines) is 2. The van der Waals surface area contributed by atoms with E-state index in [2.05, 4.69) is 32.1 Å². The first-order valence-corrected chi connectivity index (χ1v) is 8.14. The first kappa shape index (κ1) is 13.9. The zero-order valence-electron chi connectivity index (χ0n) is 13.1. The van der Waals surface area contributed by atoms with Gasteiger partial charge in [-0.3, -0.25) is 19.5 Å². The summed E-state index contributed by atoms with van der Waals surface area (Å²) >= 11 is 0. The lowest BCUT2D eigenvalue weighted by molar-refractivity contribution is 0.212. The second kappa shape index (κ2) is 5.82. The maximum atomic E-state index is 4.29. The molecular weight excluding hydrogens is 274 g/mol. The average molecular weight is 297 g/mol. The summed E-state index contributed by atoms with van der Waals surface area (Å²) in [7, 11) is 1.99. The lowest BCUT2D eigenvalue weighted by Crippen LogP contribution is -2.35. The van der Waals surface area contributed by atoms with Crippen molar-refractivity contribution in [2.75, 3.05) is 13.1 Å². The van der Waals surface area contributed by atoms with E-state index in [1.807, 2.05) is 36.4 Å². The summed E-state index contributed by atoms with van der Waals surface area (Å²) in [6, 6.07) is 5.63. The summed E-state index contributed by atoms with van der Waals surface area (Å²) in [6.07, 6.45) is 10.5. The number of hydrogen-bond donors (Lipinski definition) is 0. The Morgan fingerprint density at radius 3 is 2.36 bits per heavy atom. The molecule has 2 atom stereocenters. The van der Waals surface area contributed by atoms with Crippen molar-refractivity contribution in [1.82, 2.24) is 24.6 Å². The lowest BCUT2D eigenvalue weighted by Gasteiger charge is -2.25. The molecule has 0 aromatic carbocycles. The van der Waals surface area contributed by atoms with Gasteiger partial charge in [0, 0.05) is 69.5 Å². The summed E-state index contributed by atoms with van der Waals surface area (Å²) in [5.41, 5.74) is 2.66. The molecule has 0 unspecified atom stereocenters. The second-order valence-corrected chi connectivity index (χ2v) is 6.54. The van der Waals surface area contributed by atoms with Crippen LogP contribution in [0, 0.1) is 0 Å². The fourth-order valence-corrected chi connectivity index (χ4v) is 4.07. The summed E-state index contributed by atoms with van der Waals surface area (Å²) in [6.45, 7) is 4.48. The van der Waals surface area contributed by atoms with Crippen molar-refractivity contribution in [2.24, 2.45) is 7.05 Å². The highest BCUT2D eigenvalue weighted by atomic mass is 15.3. The van der Waals surface area contributed by atoms with Crippen LogP contribution in [0.4, 0.5) is 0 Å². The van der Waals surface area contributed by atoms with Crippen LogP contribution in [0.25, 0.3) is 0 Å². The van der Waals surface area contributed by atoms with Crippen molar-refractivity contribution >= 4 is 0 Å². The molecule has 5 nitrogen and oxygen atoms in total. The van der Waals surface area contributed by atoms with Crippen LogP contribution in [-0.4, -0.2) is 49.7 Å². The van der Waals surface area contributed by atoms with Gasteiger partial charge in [0.05, 0.1) is 6.20 Å². The molecule has 5 heteroatoms.